The smallest absolute Gasteiger partial charge is 0.283 e. The number of rotatable bonds is 6. The molecule has 3 heteroatoms. The molecule has 0 aromatic rings. The fourth-order valence-electron chi connectivity index (χ4n) is 2.10. The van der Waals surface area contributed by atoms with Gasteiger partial charge in [-0.3, -0.25) is 0 Å². The molecular weight excluding hydrogens is 276 g/mol. The van der Waals surface area contributed by atoms with E-state index in [0.29, 0.717) is 26.2 Å². The van der Waals surface area contributed by atoms with Crippen LogP contribution in [-0.2, 0) is 14.2 Å². The molecule has 1 aliphatic heterocycles. The molecule has 1 saturated heterocycles. The Kier molecular flexibility index (Phi) is 5.74. The molecule has 124 valence electrons. The Bertz CT molecular complexity index is 430. The summed E-state index contributed by atoms with van der Waals surface area (Å²) in [5.41, 5.74) is -0.662. The van der Waals surface area contributed by atoms with E-state index in [1.807, 2.05) is 27.7 Å². The predicted octanol–water partition coefficient (Wildman–Crippen LogP) is 3.83. The lowest BCUT2D eigenvalue weighted by atomic mass is 9.83. The van der Waals surface area contributed by atoms with Gasteiger partial charge in [0.25, 0.3) is 5.97 Å². The van der Waals surface area contributed by atoms with E-state index in [1.165, 1.54) is 0 Å². The zero-order valence-electron chi connectivity index (χ0n) is 14.9. The molecule has 1 aliphatic rings. The number of hydrogen-bond donors (Lipinski definition) is 0. The highest BCUT2D eigenvalue weighted by Gasteiger charge is 2.45. The SMILES string of the molecule is C#CC(C)(C)COC1(OCC(C)(C)C#C)CC(C)(C)CCO1. The second kappa shape index (κ2) is 6.63. The van der Waals surface area contributed by atoms with Crippen LogP contribution in [-0.4, -0.2) is 25.8 Å². The summed E-state index contributed by atoms with van der Waals surface area (Å²) < 4.78 is 18.0. The highest BCUT2D eigenvalue weighted by Crippen LogP contribution is 2.41. The summed E-state index contributed by atoms with van der Waals surface area (Å²) in [5.74, 6) is 4.40. The van der Waals surface area contributed by atoms with Crippen molar-refractivity contribution in [3.63, 3.8) is 0 Å². The predicted molar refractivity (Wildman–Crippen MR) is 88.8 cm³/mol. The molecule has 0 spiro atoms. The van der Waals surface area contributed by atoms with Crippen LogP contribution >= 0.6 is 0 Å². The van der Waals surface area contributed by atoms with Gasteiger partial charge >= 0.3 is 0 Å². The Labute approximate surface area is 136 Å². The van der Waals surface area contributed by atoms with Crippen LogP contribution in [0.1, 0.15) is 54.4 Å². The third kappa shape index (κ3) is 5.65. The Morgan fingerprint density at radius 1 is 1.00 bits per heavy atom. The first-order chi connectivity index (χ1) is 9.95. The largest absolute Gasteiger partial charge is 0.327 e. The summed E-state index contributed by atoms with van der Waals surface area (Å²) >= 11 is 0. The van der Waals surface area contributed by atoms with E-state index < -0.39 is 5.97 Å². The molecule has 0 amide bonds. The van der Waals surface area contributed by atoms with Gasteiger partial charge in [-0.1, -0.05) is 25.7 Å². The molecule has 1 heterocycles. The lowest BCUT2D eigenvalue weighted by Gasteiger charge is -2.45. The van der Waals surface area contributed by atoms with Crippen LogP contribution in [0.5, 0.6) is 0 Å². The van der Waals surface area contributed by atoms with Crippen molar-refractivity contribution in [2.75, 3.05) is 19.8 Å². The van der Waals surface area contributed by atoms with E-state index in [2.05, 4.69) is 25.7 Å². The zero-order chi connectivity index (χ0) is 17.1. The quantitative estimate of drug-likeness (QED) is 0.551. The van der Waals surface area contributed by atoms with Crippen molar-refractivity contribution in [1.29, 1.82) is 0 Å². The molecule has 0 aliphatic carbocycles. The first-order valence-electron chi connectivity index (χ1n) is 7.82. The average molecular weight is 306 g/mol. The van der Waals surface area contributed by atoms with Gasteiger partial charge in [0.2, 0.25) is 0 Å². The summed E-state index contributed by atoms with van der Waals surface area (Å²) in [4.78, 5) is 0. The molecular formula is C19H30O3. The van der Waals surface area contributed by atoms with E-state index >= 15 is 0 Å². The lowest BCUT2D eigenvalue weighted by Crippen LogP contribution is -2.50. The Morgan fingerprint density at radius 3 is 1.82 bits per heavy atom. The van der Waals surface area contributed by atoms with Gasteiger partial charge in [-0.25, -0.2) is 0 Å². The summed E-state index contributed by atoms with van der Waals surface area (Å²) in [5, 5.41) is 0. The van der Waals surface area contributed by atoms with Crippen LogP contribution in [0.15, 0.2) is 0 Å². The number of hydrogen-bond acceptors (Lipinski definition) is 3. The molecule has 0 atom stereocenters. The average Bonchev–Trinajstić information content (AvgIpc) is 2.43. The maximum atomic E-state index is 6.05. The van der Waals surface area contributed by atoms with E-state index in [-0.39, 0.29) is 16.2 Å². The second-order valence-electron chi connectivity index (χ2n) is 8.26. The van der Waals surface area contributed by atoms with Crippen LogP contribution < -0.4 is 0 Å². The third-order valence-electron chi connectivity index (χ3n) is 3.88. The topological polar surface area (TPSA) is 27.7 Å². The van der Waals surface area contributed by atoms with Gasteiger partial charge in [-0.2, -0.15) is 0 Å². The Morgan fingerprint density at radius 2 is 1.45 bits per heavy atom. The first-order valence-corrected chi connectivity index (χ1v) is 7.82. The van der Waals surface area contributed by atoms with Crippen LogP contribution in [0.4, 0.5) is 0 Å². The van der Waals surface area contributed by atoms with E-state index in [9.17, 15) is 0 Å². The van der Waals surface area contributed by atoms with Crippen LogP contribution in [0, 0.1) is 40.9 Å². The van der Waals surface area contributed by atoms with Crippen molar-refractivity contribution in [1.82, 2.24) is 0 Å². The van der Waals surface area contributed by atoms with E-state index in [0.717, 1.165) is 6.42 Å². The van der Waals surface area contributed by atoms with Crippen molar-refractivity contribution in [2.45, 2.75) is 60.4 Å². The van der Waals surface area contributed by atoms with Gasteiger partial charge in [0.15, 0.2) is 0 Å². The number of ether oxygens (including phenoxy) is 3. The van der Waals surface area contributed by atoms with Crippen LogP contribution in [0.25, 0.3) is 0 Å². The molecule has 0 aromatic heterocycles. The second-order valence-corrected chi connectivity index (χ2v) is 8.26. The van der Waals surface area contributed by atoms with Gasteiger partial charge < -0.3 is 14.2 Å². The van der Waals surface area contributed by atoms with Crippen LogP contribution in [0.3, 0.4) is 0 Å². The highest BCUT2D eigenvalue weighted by atomic mass is 16.9. The Balaban J connectivity index is 2.86. The number of terminal acetylenes is 2. The zero-order valence-corrected chi connectivity index (χ0v) is 14.9. The van der Waals surface area contributed by atoms with E-state index in [4.69, 9.17) is 27.1 Å². The molecule has 0 bridgehead atoms. The summed E-state index contributed by atoms with van der Waals surface area (Å²) in [7, 11) is 0. The van der Waals surface area contributed by atoms with Crippen molar-refractivity contribution in [2.24, 2.45) is 16.2 Å². The molecule has 0 aromatic carbocycles. The molecule has 1 rings (SSSR count). The summed E-state index contributed by atoms with van der Waals surface area (Å²) in [6.07, 6.45) is 12.7. The van der Waals surface area contributed by atoms with Gasteiger partial charge in [-0.05, 0) is 39.5 Å². The summed E-state index contributed by atoms with van der Waals surface area (Å²) in [6.45, 7) is 13.6. The minimum Gasteiger partial charge on any atom is -0.327 e. The van der Waals surface area contributed by atoms with Crippen molar-refractivity contribution >= 4 is 0 Å². The minimum absolute atomic E-state index is 0.0822. The normalized spacial score (nSPS) is 20.9. The fourth-order valence-corrected chi connectivity index (χ4v) is 2.10. The van der Waals surface area contributed by atoms with Crippen LogP contribution in [0.2, 0.25) is 0 Å². The lowest BCUT2D eigenvalue weighted by molar-refractivity contribution is -0.412. The third-order valence-corrected chi connectivity index (χ3v) is 3.88. The maximum absolute atomic E-state index is 6.05. The molecule has 1 fully saturated rings. The molecule has 0 radical (unpaired) electrons. The monoisotopic (exact) mass is 306 g/mol. The molecule has 0 unspecified atom stereocenters. The molecule has 3 nitrogen and oxygen atoms in total. The van der Waals surface area contributed by atoms with Gasteiger partial charge in [0.1, 0.15) is 0 Å². The molecule has 0 saturated carbocycles. The summed E-state index contributed by atoms with van der Waals surface area (Å²) in [6, 6.07) is 0. The molecule has 22 heavy (non-hydrogen) atoms. The Hall–Kier alpha value is -1.00. The van der Waals surface area contributed by atoms with Gasteiger partial charge in [-0.15, -0.1) is 12.8 Å². The van der Waals surface area contributed by atoms with Crippen molar-refractivity contribution < 1.29 is 14.2 Å². The fraction of sp³-hybridized carbons (Fsp3) is 0.789. The minimum atomic E-state index is -1.07. The highest BCUT2D eigenvalue weighted by molar-refractivity contribution is 5.01. The molecule has 0 N–H and O–H groups in total. The van der Waals surface area contributed by atoms with Crippen molar-refractivity contribution in [3.8, 4) is 24.7 Å². The van der Waals surface area contributed by atoms with Crippen molar-refractivity contribution in [3.05, 3.63) is 0 Å². The van der Waals surface area contributed by atoms with E-state index in [1.54, 1.807) is 0 Å². The maximum Gasteiger partial charge on any atom is 0.283 e. The standard InChI is InChI=1S/C19H30O3/c1-9-16(3,4)14-21-19(22-15-17(5,6)10-2)13-18(7,8)11-12-20-19/h1-2H,11-15H2,3-8H3. The van der Waals surface area contributed by atoms with Gasteiger partial charge in [0, 0.05) is 17.3 Å². The van der Waals surface area contributed by atoms with Gasteiger partial charge in [0.05, 0.1) is 19.8 Å². The first kappa shape index (κ1) is 19.0.